The molecule has 42 heavy (non-hydrogen) atoms. The first kappa shape index (κ1) is 29.7. The molecule has 6 rings (SSSR count). The molecule has 0 spiro atoms. The van der Waals surface area contributed by atoms with Crippen molar-refractivity contribution >= 4 is 26.9 Å². The molecule has 4 aromatic carbocycles. The molecule has 2 aliphatic heterocycles. The Labute approximate surface area is 248 Å². The molecular formula is C36H34O4P2. The van der Waals surface area contributed by atoms with Crippen LogP contribution < -0.4 is 0 Å². The summed E-state index contributed by atoms with van der Waals surface area (Å²) in [7, 11) is -5.60. The second kappa shape index (κ2) is 14.4. The van der Waals surface area contributed by atoms with Crippen molar-refractivity contribution in [3.63, 3.8) is 0 Å². The highest BCUT2D eigenvalue weighted by atomic mass is 31.2. The SMILES string of the molecule is O=[P@@]1(/C=C/c2ccccc2)C=C[C@@H](c2ccccc2)CO1.O=[P@@]1(/C=C/c2ccccc2)C=C[C@@H](c2ccccc2)CO1. The lowest BCUT2D eigenvalue weighted by Crippen LogP contribution is -2.07. The first-order chi connectivity index (χ1) is 20.5. The smallest absolute Gasteiger partial charge is 0.247 e. The number of hydrogen-bond donors (Lipinski definition) is 0. The van der Waals surface area contributed by atoms with Crippen molar-refractivity contribution < 1.29 is 18.2 Å². The van der Waals surface area contributed by atoms with E-state index in [4.69, 9.17) is 9.05 Å². The summed E-state index contributed by atoms with van der Waals surface area (Å²) in [4.78, 5) is 0. The lowest BCUT2D eigenvalue weighted by Gasteiger charge is -2.22. The van der Waals surface area contributed by atoms with Crippen molar-refractivity contribution in [2.45, 2.75) is 11.8 Å². The van der Waals surface area contributed by atoms with Gasteiger partial charge in [-0.2, -0.15) is 0 Å². The molecule has 4 nitrogen and oxygen atoms in total. The Balaban J connectivity index is 0.000000168. The van der Waals surface area contributed by atoms with Crippen LogP contribution in [0.25, 0.3) is 12.2 Å². The number of benzene rings is 4. The zero-order valence-electron chi connectivity index (χ0n) is 23.3. The van der Waals surface area contributed by atoms with Gasteiger partial charge in [0.05, 0.1) is 13.2 Å². The van der Waals surface area contributed by atoms with Crippen LogP contribution in [0.1, 0.15) is 34.1 Å². The summed E-state index contributed by atoms with van der Waals surface area (Å²) in [5, 5.41) is 0. The summed E-state index contributed by atoms with van der Waals surface area (Å²) in [6.45, 7) is 0.911. The summed E-state index contributed by atoms with van der Waals surface area (Å²) in [5.74, 6) is 7.15. The van der Waals surface area contributed by atoms with E-state index >= 15 is 0 Å². The van der Waals surface area contributed by atoms with Crippen LogP contribution in [0.4, 0.5) is 0 Å². The molecule has 0 radical (unpaired) electrons. The standard InChI is InChI=1S/2C18H17O2P/c2*19-21(13-11-16-7-3-1-4-8-16)14-12-18(15-20-21)17-9-5-2-6-10-17/h2*1-14,18H,15H2/b2*13-11+/t2*18-,21-/m11/s1. The van der Waals surface area contributed by atoms with Crippen molar-refractivity contribution in [2.24, 2.45) is 0 Å². The van der Waals surface area contributed by atoms with Gasteiger partial charge >= 0.3 is 0 Å². The molecule has 0 aromatic heterocycles. The van der Waals surface area contributed by atoms with Gasteiger partial charge < -0.3 is 9.05 Å². The molecule has 4 atom stereocenters. The Kier molecular flexibility index (Phi) is 10.2. The maximum Gasteiger partial charge on any atom is 0.247 e. The van der Waals surface area contributed by atoms with Gasteiger partial charge in [0.1, 0.15) is 0 Å². The normalized spacial score (nSPS) is 25.2. The molecule has 2 aliphatic rings. The van der Waals surface area contributed by atoms with E-state index in [1.807, 2.05) is 121 Å². The fourth-order valence-electron chi connectivity index (χ4n) is 4.55. The maximum atomic E-state index is 12.6. The van der Waals surface area contributed by atoms with E-state index < -0.39 is 14.7 Å². The van der Waals surface area contributed by atoms with Crippen LogP contribution in [0, 0.1) is 0 Å². The molecule has 0 fully saturated rings. The van der Waals surface area contributed by atoms with Gasteiger partial charge in [0.25, 0.3) is 0 Å². The number of rotatable bonds is 6. The molecule has 212 valence electrons. The summed E-state index contributed by atoms with van der Waals surface area (Å²) < 4.78 is 36.4. The first-order valence-electron chi connectivity index (χ1n) is 14.0. The molecule has 0 saturated heterocycles. The Morgan fingerprint density at radius 3 is 1.14 bits per heavy atom. The average Bonchev–Trinajstić information content (AvgIpc) is 3.06. The summed E-state index contributed by atoms with van der Waals surface area (Å²) >= 11 is 0. The Bertz CT molecular complexity index is 1500. The molecule has 6 heteroatoms. The third-order valence-corrected chi connectivity index (χ3v) is 10.4. The van der Waals surface area contributed by atoms with Crippen molar-refractivity contribution in [1.82, 2.24) is 0 Å². The predicted molar refractivity (Wildman–Crippen MR) is 175 cm³/mol. The van der Waals surface area contributed by atoms with Gasteiger partial charge in [-0.15, -0.1) is 0 Å². The van der Waals surface area contributed by atoms with Gasteiger partial charge in [-0.25, -0.2) is 0 Å². The zero-order valence-corrected chi connectivity index (χ0v) is 25.1. The van der Waals surface area contributed by atoms with Crippen LogP contribution >= 0.6 is 14.7 Å². The molecule has 2 heterocycles. The van der Waals surface area contributed by atoms with Crippen LogP contribution in [-0.4, -0.2) is 13.2 Å². The highest BCUT2D eigenvalue weighted by molar-refractivity contribution is 7.65. The van der Waals surface area contributed by atoms with E-state index in [0.717, 1.165) is 11.1 Å². The third kappa shape index (κ3) is 8.61. The minimum atomic E-state index is -2.80. The van der Waals surface area contributed by atoms with Crippen LogP contribution in [-0.2, 0) is 18.2 Å². The second-order valence-electron chi connectivity index (χ2n) is 10.1. The van der Waals surface area contributed by atoms with Gasteiger partial charge in [-0.05, 0) is 34.4 Å². The van der Waals surface area contributed by atoms with Crippen molar-refractivity contribution in [3.05, 3.63) is 179 Å². The summed E-state index contributed by atoms with van der Waals surface area (Å²) in [6, 6.07) is 39.9. The monoisotopic (exact) mass is 592 g/mol. The van der Waals surface area contributed by atoms with Gasteiger partial charge in [0.15, 0.2) is 0 Å². The van der Waals surface area contributed by atoms with Gasteiger partial charge in [-0.3, -0.25) is 9.13 Å². The highest BCUT2D eigenvalue weighted by Gasteiger charge is 2.25. The van der Waals surface area contributed by atoms with E-state index in [1.54, 1.807) is 23.3 Å². The average molecular weight is 593 g/mol. The Morgan fingerprint density at radius 1 is 0.500 bits per heavy atom. The third-order valence-electron chi connectivity index (χ3n) is 6.97. The molecule has 0 amide bonds. The van der Waals surface area contributed by atoms with Gasteiger partial charge in [0.2, 0.25) is 14.7 Å². The largest absolute Gasteiger partial charge is 0.322 e. The molecule has 0 saturated carbocycles. The zero-order chi connectivity index (χ0) is 29.1. The molecule has 0 N–H and O–H groups in total. The Morgan fingerprint density at radius 2 is 0.833 bits per heavy atom. The van der Waals surface area contributed by atoms with Crippen molar-refractivity contribution in [3.8, 4) is 0 Å². The molecular weight excluding hydrogens is 558 g/mol. The maximum absolute atomic E-state index is 12.6. The second-order valence-corrected chi connectivity index (χ2v) is 14.3. The van der Waals surface area contributed by atoms with E-state index in [2.05, 4.69) is 24.3 Å². The highest BCUT2D eigenvalue weighted by Crippen LogP contribution is 2.55. The summed E-state index contributed by atoms with van der Waals surface area (Å²) in [5.41, 5.74) is 4.42. The predicted octanol–water partition coefficient (Wildman–Crippen LogP) is 10.5. The first-order valence-corrected chi connectivity index (χ1v) is 17.5. The van der Waals surface area contributed by atoms with E-state index in [9.17, 15) is 9.13 Å². The molecule has 0 aliphatic carbocycles. The Hall–Kier alpha value is -3.78. The molecule has 0 unspecified atom stereocenters. The number of hydrogen-bond acceptors (Lipinski definition) is 4. The van der Waals surface area contributed by atoms with Crippen LogP contribution in [0.15, 0.2) is 157 Å². The van der Waals surface area contributed by atoms with E-state index in [-0.39, 0.29) is 11.8 Å². The topological polar surface area (TPSA) is 52.6 Å². The van der Waals surface area contributed by atoms with Gasteiger partial charge in [0, 0.05) is 35.1 Å². The quantitative estimate of drug-likeness (QED) is 0.209. The minimum Gasteiger partial charge on any atom is -0.322 e. The fourth-order valence-corrected chi connectivity index (χ4v) is 7.53. The van der Waals surface area contributed by atoms with E-state index in [0.29, 0.717) is 13.2 Å². The molecule has 4 aromatic rings. The van der Waals surface area contributed by atoms with Crippen molar-refractivity contribution in [1.29, 1.82) is 0 Å². The fraction of sp³-hybridized carbons (Fsp3) is 0.111. The lowest BCUT2D eigenvalue weighted by molar-refractivity contribution is 0.307. The molecule has 0 bridgehead atoms. The minimum absolute atomic E-state index is 0.179. The van der Waals surface area contributed by atoms with Crippen LogP contribution in [0.5, 0.6) is 0 Å². The summed E-state index contributed by atoms with van der Waals surface area (Å²) in [6.07, 6.45) is 7.70. The van der Waals surface area contributed by atoms with Gasteiger partial charge in [-0.1, -0.05) is 133 Å². The lowest BCUT2D eigenvalue weighted by atomic mass is 10.0. The van der Waals surface area contributed by atoms with E-state index in [1.165, 1.54) is 11.1 Å². The van der Waals surface area contributed by atoms with Crippen LogP contribution in [0.3, 0.4) is 0 Å². The van der Waals surface area contributed by atoms with Crippen molar-refractivity contribution in [2.75, 3.05) is 13.2 Å². The van der Waals surface area contributed by atoms with Crippen LogP contribution in [0.2, 0.25) is 0 Å².